The van der Waals surface area contributed by atoms with E-state index < -0.39 is 29.1 Å². The molecule has 0 bridgehead atoms. The molecule has 0 fully saturated rings. The monoisotopic (exact) mass is 443 g/mol. The van der Waals surface area contributed by atoms with E-state index in [0.29, 0.717) is 22.9 Å². The van der Waals surface area contributed by atoms with Gasteiger partial charge in [-0.05, 0) is 59.5 Å². The summed E-state index contributed by atoms with van der Waals surface area (Å²) < 4.78 is 39.7. The first kappa shape index (κ1) is 21.1. The first-order valence-corrected chi connectivity index (χ1v) is 10.1. The normalized spacial score (nSPS) is 15.4. The molecule has 1 aliphatic heterocycles. The van der Waals surface area contributed by atoms with E-state index in [1.807, 2.05) is 12.1 Å². The fraction of sp³-hybridized carbons (Fsp3) is 0.208. The predicted molar refractivity (Wildman–Crippen MR) is 114 cm³/mol. The van der Waals surface area contributed by atoms with Gasteiger partial charge in [-0.2, -0.15) is 0 Å². The van der Waals surface area contributed by atoms with E-state index in [-0.39, 0.29) is 6.54 Å². The highest BCUT2D eigenvalue weighted by Crippen LogP contribution is 2.42. The Morgan fingerprint density at radius 1 is 1.00 bits per heavy atom. The van der Waals surface area contributed by atoms with Gasteiger partial charge in [-0.25, -0.2) is 8.78 Å². The second kappa shape index (κ2) is 8.55. The van der Waals surface area contributed by atoms with Crippen molar-refractivity contribution < 1.29 is 23.0 Å². The third-order valence-electron chi connectivity index (χ3n) is 5.48. The van der Waals surface area contributed by atoms with Gasteiger partial charge in [0, 0.05) is 11.6 Å². The molecule has 0 N–H and O–H groups in total. The van der Waals surface area contributed by atoms with E-state index in [1.165, 1.54) is 18.1 Å². The number of fused-ring (bicyclic) bond motifs is 1. The van der Waals surface area contributed by atoms with Crippen LogP contribution in [-0.2, 0) is 6.42 Å². The summed E-state index contributed by atoms with van der Waals surface area (Å²) in [5, 5.41) is 0.495. The van der Waals surface area contributed by atoms with Crippen LogP contribution < -0.4 is 9.47 Å². The topological polar surface area (TPSA) is 38.8 Å². The molecule has 4 nitrogen and oxygen atoms in total. The SMILES string of the molecule is COc1cc2c(cc1OC)[C@H](c1cccc(Cl)c1)N(C(=O)c1c(F)cccc1F)CC2. The molecule has 1 heterocycles. The fourth-order valence-corrected chi connectivity index (χ4v) is 4.25. The predicted octanol–water partition coefficient (Wildman–Crippen LogP) is 5.42. The van der Waals surface area contributed by atoms with Crippen LogP contribution in [0.15, 0.2) is 54.6 Å². The maximum atomic E-state index is 14.4. The van der Waals surface area contributed by atoms with Gasteiger partial charge in [0.1, 0.15) is 17.2 Å². The van der Waals surface area contributed by atoms with E-state index in [0.717, 1.165) is 28.8 Å². The number of nitrogens with zero attached hydrogens (tertiary/aromatic N) is 1. The Morgan fingerprint density at radius 3 is 2.29 bits per heavy atom. The van der Waals surface area contributed by atoms with Crippen molar-refractivity contribution in [3.63, 3.8) is 0 Å². The summed E-state index contributed by atoms with van der Waals surface area (Å²) >= 11 is 6.22. The number of carbonyl (C=O) groups is 1. The first-order chi connectivity index (χ1) is 14.9. The van der Waals surface area contributed by atoms with Crippen LogP contribution in [0.3, 0.4) is 0 Å². The van der Waals surface area contributed by atoms with E-state index in [2.05, 4.69) is 0 Å². The van der Waals surface area contributed by atoms with Gasteiger partial charge < -0.3 is 14.4 Å². The summed E-state index contributed by atoms with van der Waals surface area (Å²) in [6.45, 7) is 0.270. The molecule has 160 valence electrons. The molecule has 0 saturated carbocycles. The molecular formula is C24H20ClF2NO3. The molecule has 3 aromatic rings. The fourth-order valence-electron chi connectivity index (χ4n) is 4.05. The van der Waals surface area contributed by atoms with E-state index in [4.69, 9.17) is 21.1 Å². The molecule has 0 saturated heterocycles. The van der Waals surface area contributed by atoms with Crippen molar-refractivity contribution in [2.45, 2.75) is 12.5 Å². The van der Waals surface area contributed by atoms with Crippen molar-refractivity contribution in [3.8, 4) is 11.5 Å². The zero-order valence-corrected chi connectivity index (χ0v) is 17.7. The first-order valence-electron chi connectivity index (χ1n) is 9.69. The summed E-state index contributed by atoms with van der Waals surface area (Å²) in [7, 11) is 3.08. The molecule has 0 unspecified atom stereocenters. The van der Waals surface area contributed by atoms with Crippen LogP contribution in [0, 0.1) is 11.6 Å². The minimum atomic E-state index is -0.895. The Balaban J connectivity index is 1.89. The van der Waals surface area contributed by atoms with Crippen LogP contribution in [-0.4, -0.2) is 31.6 Å². The lowest BCUT2D eigenvalue weighted by Crippen LogP contribution is -2.41. The maximum Gasteiger partial charge on any atom is 0.260 e. The molecule has 31 heavy (non-hydrogen) atoms. The van der Waals surface area contributed by atoms with Crippen LogP contribution in [0.1, 0.15) is 33.1 Å². The Kier molecular flexibility index (Phi) is 5.83. The number of rotatable bonds is 4. The number of benzene rings is 3. The molecule has 1 atom stereocenters. The molecule has 4 rings (SSSR count). The summed E-state index contributed by atoms with van der Waals surface area (Å²) in [5.74, 6) is -1.44. The number of hydrogen-bond acceptors (Lipinski definition) is 3. The maximum absolute atomic E-state index is 14.4. The standard InChI is InChI=1S/C24H20ClF2NO3/c1-30-20-12-14-9-10-28(24(29)22-18(26)7-4-8-19(22)27)23(17(14)13-21(20)31-2)15-5-3-6-16(25)11-15/h3-8,11-13,23H,9-10H2,1-2H3/t23-/m0/s1. The highest BCUT2D eigenvalue weighted by Gasteiger charge is 2.35. The molecule has 1 aliphatic rings. The largest absolute Gasteiger partial charge is 0.493 e. The van der Waals surface area contributed by atoms with Gasteiger partial charge >= 0.3 is 0 Å². The minimum Gasteiger partial charge on any atom is -0.493 e. The highest BCUT2D eigenvalue weighted by atomic mass is 35.5. The lowest BCUT2D eigenvalue weighted by Gasteiger charge is -2.38. The number of ether oxygens (including phenoxy) is 2. The average Bonchev–Trinajstić information content (AvgIpc) is 2.77. The number of amides is 1. The van der Waals surface area contributed by atoms with Crippen LogP contribution in [0.2, 0.25) is 5.02 Å². The Hall–Kier alpha value is -3.12. The van der Waals surface area contributed by atoms with Gasteiger partial charge in [-0.1, -0.05) is 29.8 Å². The summed E-state index contributed by atoms with van der Waals surface area (Å²) in [6.07, 6.45) is 0.495. The van der Waals surface area contributed by atoms with Gasteiger partial charge in [0.25, 0.3) is 5.91 Å². The number of halogens is 3. The molecule has 0 radical (unpaired) electrons. The minimum absolute atomic E-state index is 0.270. The highest BCUT2D eigenvalue weighted by molar-refractivity contribution is 6.30. The number of carbonyl (C=O) groups excluding carboxylic acids is 1. The quantitative estimate of drug-likeness (QED) is 0.540. The Labute approximate surface area is 184 Å². The Morgan fingerprint density at radius 2 is 1.65 bits per heavy atom. The van der Waals surface area contributed by atoms with E-state index in [1.54, 1.807) is 31.4 Å². The zero-order chi connectivity index (χ0) is 22.1. The summed E-state index contributed by atoms with van der Waals surface area (Å²) in [4.78, 5) is 14.8. The number of hydrogen-bond donors (Lipinski definition) is 0. The lowest BCUT2D eigenvalue weighted by atomic mass is 9.87. The van der Waals surface area contributed by atoms with Crippen molar-refractivity contribution in [2.75, 3.05) is 20.8 Å². The van der Waals surface area contributed by atoms with Crippen molar-refractivity contribution in [2.24, 2.45) is 0 Å². The van der Waals surface area contributed by atoms with Crippen LogP contribution in [0.5, 0.6) is 11.5 Å². The van der Waals surface area contributed by atoms with Gasteiger partial charge in [-0.15, -0.1) is 0 Å². The van der Waals surface area contributed by atoms with Gasteiger partial charge in [0.05, 0.1) is 20.3 Å². The summed E-state index contributed by atoms with van der Waals surface area (Å²) in [5.41, 5.74) is 1.90. The van der Waals surface area contributed by atoms with Crippen molar-refractivity contribution >= 4 is 17.5 Å². The van der Waals surface area contributed by atoms with Crippen LogP contribution >= 0.6 is 11.6 Å². The molecule has 0 spiro atoms. The second-order valence-electron chi connectivity index (χ2n) is 7.21. The van der Waals surface area contributed by atoms with E-state index >= 15 is 0 Å². The lowest BCUT2D eigenvalue weighted by molar-refractivity contribution is 0.0684. The molecule has 0 aromatic heterocycles. The molecular weight excluding hydrogens is 424 g/mol. The third kappa shape index (κ3) is 3.83. The molecule has 3 aromatic carbocycles. The summed E-state index contributed by atoms with van der Waals surface area (Å²) in [6, 6.07) is 13.6. The van der Waals surface area contributed by atoms with Crippen LogP contribution in [0.4, 0.5) is 8.78 Å². The molecule has 1 amide bonds. The third-order valence-corrected chi connectivity index (χ3v) is 5.71. The van der Waals surface area contributed by atoms with Crippen molar-refractivity contribution in [3.05, 3.63) is 93.5 Å². The Bertz CT molecular complexity index is 1130. The smallest absolute Gasteiger partial charge is 0.260 e. The van der Waals surface area contributed by atoms with Gasteiger partial charge in [0.15, 0.2) is 11.5 Å². The van der Waals surface area contributed by atoms with Gasteiger partial charge in [-0.3, -0.25) is 4.79 Å². The zero-order valence-electron chi connectivity index (χ0n) is 17.0. The number of methoxy groups -OCH3 is 2. The van der Waals surface area contributed by atoms with E-state index in [9.17, 15) is 13.6 Å². The van der Waals surface area contributed by atoms with Crippen molar-refractivity contribution in [1.82, 2.24) is 4.90 Å². The average molecular weight is 444 g/mol. The molecule has 7 heteroatoms. The van der Waals surface area contributed by atoms with Gasteiger partial charge in [0.2, 0.25) is 0 Å². The molecule has 0 aliphatic carbocycles. The van der Waals surface area contributed by atoms with Crippen molar-refractivity contribution in [1.29, 1.82) is 0 Å². The second-order valence-corrected chi connectivity index (χ2v) is 7.65. The van der Waals surface area contributed by atoms with Crippen LogP contribution in [0.25, 0.3) is 0 Å².